The van der Waals surface area contributed by atoms with Crippen LogP contribution in [0.2, 0.25) is 0 Å². The van der Waals surface area contributed by atoms with Crippen LogP contribution in [0.5, 0.6) is 0 Å². The first-order valence-corrected chi connectivity index (χ1v) is 6.37. The number of nitrogen functional groups attached to an aromatic ring is 1. The lowest BCUT2D eigenvalue weighted by molar-refractivity contribution is 0.244. The number of anilines is 1. The molecule has 0 aromatic carbocycles. The summed E-state index contributed by atoms with van der Waals surface area (Å²) in [6.45, 7) is 2.12. The lowest BCUT2D eigenvalue weighted by atomic mass is 9.94. The van der Waals surface area contributed by atoms with Crippen LogP contribution in [0, 0.1) is 11.3 Å². The molecule has 1 aliphatic rings. The number of aliphatic hydroxyl groups excluding tert-OH is 1. The summed E-state index contributed by atoms with van der Waals surface area (Å²) in [4.78, 5) is 6.41. The number of aliphatic hydroxyl groups is 1. The summed E-state index contributed by atoms with van der Waals surface area (Å²) < 4.78 is 0. The predicted octanol–water partition coefficient (Wildman–Crippen LogP) is 0.964. The Morgan fingerprint density at radius 3 is 3.17 bits per heavy atom. The quantitative estimate of drug-likeness (QED) is 0.547. The largest absolute Gasteiger partial charge is 0.396 e. The molecule has 0 bridgehead atoms. The van der Waals surface area contributed by atoms with Crippen molar-refractivity contribution in [1.29, 1.82) is 5.41 Å². The van der Waals surface area contributed by atoms with Gasteiger partial charge in [-0.05, 0) is 37.3 Å². The lowest BCUT2D eigenvalue weighted by Crippen LogP contribution is -2.37. The highest BCUT2D eigenvalue weighted by Crippen LogP contribution is 2.26. The molecule has 18 heavy (non-hydrogen) atoms. The van der Waals surface area contributed by atoms with Gasteiger partial charge in [0.2, 0.25) is 0 Å². The molecule has 0 amide bonds. The number of piperidine rings is 1. The molecule has 1 aromatic heterocycles. The van der Waals surface area contributed by atoms with E-state index in [1.54, 1.807) is 6.20 Å². The summed E-state index contributed by atoms with van der Waals surface area (Å²) in [6, 6.07) is 3.84. The average Bonchev–Trinajstić information content (AvgIpc) is 2.39. The van der Waals surface area contributed by atoms with Crippen molar-refractivity contribution in [3.8, 4) is 0 Å². The van der Waals surface area contributed by atoms with E-state index in [2.05, 4.69) is 9.88 Å². The fourth-order valence-corrected chi connectivity index (χ4v) is 2.56. The predicted molar refractivity (Wildman–Crippen MR) is 71.9 cm³/mol. The summed E-state index contributed by atoms with van der Waals surface area (Å²) in [6.07, 6.45) is 4.77. The zero-order chi connectivity index (χ0) is 13.0. The maximum atomic E-state index is 9.03. The topological polar surface area (TPSA) is 86.2 Å². The molecular formula is C13H20N4O. The molecular weight excluding hydrogens is 228 g/mol. The van der Waals surface area contributed by atoms with E-state index in [-0.39, 0.29) is 12.4 Å². The number of aromatic nitrogens is 1. The van der Waals surface area contributed by atoms with Crippen LogP contribution in [0.15, 0.2) is 18.3 Å². The first kappa shape index (κ1) is 12.8. The first-order chi connectivity index (χ1) is 8.72. The number of nitrogens with one attached hydrogen (secondary N) is 1. The van der Waals surface area contributed by atoms with Crippen LogP contribution in [0.25, 0.3) is 0 Å². The van der Waals surface area contributed by atoms with Crippen molar-refractivity contribution in [3.63, 3.8) is 0 Å². The van der Waals surface area contributed by atoms with Crippen molar-refractivity contribution in [3.05, 3.63) is 24.0 Å². The van der Waals surface area contributed by atoms with Gasteiger partial charge in [0.15, 0.2) is 0 Å². The second kappa shape index (κ2) is 5.82. The molecule has 5 nitrogen and oxygen atoms in total. The highest BCUT2D eigenvalue weighted by Gasteiger charge is 2.22. The summed E-state index contributed by atoms with van der Waals surface area (Å²) in [5.74, 6) is 0.527. The van der Waals surface area contributed by atoms with Gasteiger partial charge < -0.3 is 15.7 Å². The van der Waals surface area contributed by atoms with Crippen molar-refractivity contribution < 1.29 is 5.11 Å². The second-order valence-electron chi connectivity index (χ2n) is 4.75. The number of pyridine rings is 1. The van der Waals surface area contributed by atoms with Gasteiger partial charge in [0.25, 0.3) is 0 Å². The fraction of sp³-hybridized carbons (Fsp3) is 0.538. The van der Waals surface area contributed by atoms with Crippen LogP contribution in [0.4, 0.5) is 5.69 Å². The lowest BCUT2D eigenvalue weighted by Gasteiger charge is -2.34. The van der Waals surface area contributed by atoms with Gasteiger partial charge in [0, 0.05) is 25.9 Å². The molecule has 4 N–H and O–H groups in total. The Hall–Kier alpha value is -1.62. The second-order valence-corrected chi connectivity index (χ2v) is 4.75. The van der Waals surface area contributed by atoms with Gasteiger partial charge in [-0.15, -0.1) is 0 Å². The van der Waals surface area contributed by atoms with Crippen LogP contribution in [0.3, 0.4) is 0 Å². The molecule has 1 saturated heterocycles. The van der Waals surface area contributed by atoms with Crippen molar-refractivity contribution >= 4 is 11.5 Å². The average molecular weight is 248 g/mol. The monoisotopic (exact) mass is 248 g/mol. The van der Waals surface area contributed by atoms with Gasteiger partial charge in [0.05, 0.1) is 5.69 Å². The van der Waals surface area contributed by atoms with Gasteiger partial charge in [-0.1, -0.05) is 0 Å². The smallest absolute Gasteiger partial charge is 0.143 e. The number of hydrogen-bond acceptors (Lipinski definition) is 4. The van der Waals surface area contributed by atoms with Crippen LogP contribution < -0.4 is 10.6 Å². The van der Waals surface area contributed by atoms with E-state index in [1.807, 2.05) is 12.1 Å². The minimum Gasteiger partial charge on any atom is -0.396 e. The molecule has 5 heteroatoms. The molecule has 1 fully saturated rings. The van der Waals surface area contributed by atoms with E-state index >= 15 is 0 Å². The fourth-order valence-electron chi connectivity index (χ4n) is 2.56. The zero-order valence-electron chi connectivity index (χ0n) is 10.5. The maximum Gasteiger partial charge on any atom is 0.143 e. The van der Waals surface area contributed by atoms with Gasteiger partial charge in [-0.3, -0.25) is 10.4 Å². The summed E-state index contributed by atoms with van der Waals surface area (Å²) >= 11 is 0. The number of nitrogens with zero attached hydrogens (tertiary/aromatic N) is 2. The van der Waals surface area contributed by atoms with Crippen LogP contribution in [0.1, 0.15) is 25.0 Å². The van der Waals surface area contributed by atoms with E-state index in [0.717, 1.165) is 38.0 Å². The standard InChI is InChI=1S/C13H20N4O/c14-13(15)12-11(4-1-6-16-12)17-7-2-3-10(9-17)5-8-18/h1,4,6,10,18H,2-3,5,7-9H2,(H3,14,15). The third-order valence-electron chi connectivity index (χ3n) is 3.44. The van der Waals surface area contributed by atoms with Gasteiger partial charge in [0.1, 0.15) is 11.5 Å². The van der Waals surface area contributed by atoms with Crippen molar-refractivity contribution in [2.75, 3.05) is 24.6 Å². The molecule has 1 aliphatic heterocycles. The molecule has 0 saturated carbocycles. The Morgan fingerprint density at radius 2 is 2.44 bits per heavy atom. The summed E-state index contributed by atoms with van der Waals surface area (Å²) in [5, 5.41) is 16.6. The number of nitrogens with two attached hydrogens (primary N) is 1. The van der Waals surface area contributed by atoms with E-state index in [4.69, 9.17) is 16.2 Å². The Labute approximate surface area is 107 Å². The minimum atomic E-state index is 0.00915. The third-order valence-corrected chi connectivity index (χ3v) is 3.44. The Kier molecular flexibility index (Phi) is 4.15. The van der Waals surface area contributed by atoms with Crippen LogP contribution >= 0.6 is 0 Å². The van der Waals surface area contributed by atoms with E-state index in [9.17, 15) is 0 Å². The first-order valence-electron chi connectivity index (χ1n) is 6.37. The normalized spacial score (nSPS) is 19.8. The van der Waals surface area contributed by atoms with Gasteiger partial charge in [-0.25, -0.2) is 0 Å². The highest BCUT2D eigenvalue weighted by atomic mass is 16.3. The number of hydrogen-bond donors (Lipinski definition) is 3. The van der Waals surface area contributed by atoms with E-state index in [1.165, 1.54) is 0 Å². The number of amidine groups is 1. The molecule has 2 heterocycles. The molecule has 2 rings (SSSR count). The van der Waals surface area contributed by atoms with Crippen molar-refractivity contribution in [2.45, 2.75) is 19.3 Å². The molecule has 0 radical (unpaired) electrons. The summed E-state index contributed by atoms with van der Waals surface area (Å²) in [7, 11) is 0. The van der Waals surface area contributed by atoms with Gasteiger partial charge >= 0.3 is 0 Å². The molecule has 1 unspecified atom stereocenters. The highest BCUT2D eigenvalue weighted by molar-refractivity contribution is 5.98. The van der Waals surface area contributed by atoms with Crippen molar-refractivity contribution in [2.24, 2.45) is 11.7 Å². The van der Waals surface area contributed by atoms with E-state index in [0.29, 0.717) is 11.6 Å². The number of rotatable bonds is 4. The molecule has 98 valence electrons. The van der Waals surface area contributed by atoms with Crippen LogP contribution in [-0.4, -0.2) is 35.6 Å². The van der Waals surface area contributed by atoms with E-state index < -0.39 is 0 Å². The Balaban J connectivity index is 2.18. The molecule has 1 atom stereocenters. The SMILES string of the molecule is N=C(N)c1ncccc1N1CCCC(CCO)C1. The summed E-state index contributed by atoms with van der Waals surface area (Å²) in [5.41, 5.74) is 7.06. The maximum absolute atomic E-state index is 9.03. The molecule has 0 aliphatic carbocycles. The van der Waals surface area contributed by atoms with Gasteiger partial charge in [-0.2, -0.15) is 0 Å². The third kappa shape index (κ3) is 2.79. The van der Waals surface area contributed by atoms with Crippen molar-refractivity contribution in [1.82, 2.24) is 4.98 Å². The Morgan fingerprint density at radius 1 is 1.61 bits per heavy atom. The molecule has 0 spiro atoms. The molecule has 1 aromatic rings. The Bertz CT molecular complexity index is 419. The minimum absolute atomic E-state index is 0.00915. The zero-order valence-corrected chi connectivity index (χ0v) is 10.5. The van der Waals surface area contributed by atoms with Crippen LogP contribution in [-0.2, 0) is 0 Å².